The third-order valence-corrected chi connectivity index (χ3v) is 5.61. The van der Waals surface area contributed by atoms with Crippen LogP contribution in [-0.4, -0.2) is 28.8 Å². The summed E-state index contributed by atoms with van der Waals surface area (Å²) in [6.45, 7) is 7.95. The Bertz CT molecular complexity index is 623. The molecule has 20 heavy (non-hydrogen) atoms. The first kappa shape index (κ1) is 14.1. The summed E-state index contributed by atoms with van der Waals surface area (Å²) in [6, 6.07) is 0. The van der Waals surface area contributed by atoms with E-state index in [0.717, 1.165) is 34.1 Å². The number of fused-ring (bicyclic) bond motifs is 3. The van der Waals surface area contributed by atoms with E-state index < -0.39 is 0 Å². The normalized spacial score (nSPS) is 18.4. The first-order valence-corrected chi connectivity index (χ1v) is 9.07. The number of thioether (sulfide) groups is 1. The van der Waals surface area contributed by atoms with Gasteiger partial charge in [-0.25, -0.2) is 9.97 Å². The summed E-state index contributed by atoms with van der Waals surface area (Å²) in [5.41, 5.74) is 7.60. The number of nitrogens with two attached hydrogens (primary N) is 1. The number of quaternary nitrogens is 1. The number of rotatable bonds is 4. The number of thiophene rings is 1. The lowest BCUT2D eigenvalue weighted by molar-refractivity contribution is -0.915. The highest BCUT2D eigenvalue weighted by Gasteiger charge is 2.25. The van der Waals surface area contributed by atoms with Gasteiger partial charge in [0.05, 0.1) is 23.4 Å². The summed E-state index contributed by atoms with van der Waals surface area (Å²) in [5.74, 6) is 1.65. The molecule has 108 valence electrons. The van der Waals surface area contributed by atoms with Crippen LogP contribution in [0.2, 0.25) is 0 Å². The zero-order valence-electron chi connectivity index (χ0n) is 12.0. The predicted octanol–water partition coefficient (Wildman–Crippen LogP) is 1.74. The molecule has 3 rings (SSSR count). The number of anilines is 1. The van der Waals surface area contributed by atoms with Gasteiger partial charge in [-0.3, -0.25) is 0 Å². The molecular weight excluding hydrogens is 288 g/mol. The molecule has 0 amide bonds. The largest absolute Gasteiger partial charge is 0.383 e. The summed E-state index contributed by atoms with van der Waals surface area (Å²) in [5, 5.41) is 1.94. The van der Waals surface area contributed by atoms with Crippen LogP contribution in [0.25, 0.3) is 10.2 Å². The Kier molecular flexibility index (Phi) is 4.14. The van der Waals surface area contributed by atoms with E-state index in [1.807, 2.05) is 11.3 Å². The standard InChI is InChI=1S/C14H20N4S2/c1-3-6-18-7-5-9-10(8-18)20-13-11(9)12(15)16-14(17-13)19-4-2/h3-8H2,1-2H3,(H2,15,16,17)/p+1. The molecule has 0 fully saturated rings. The van der Waals surface area contributed by atoms with Crippen molar-refractivity contribution in [1.82, 2.24) is 9.97 Å². The van der Waals surface area contributed by atoms with Gasteiger partial charge in [0.15, 0.2) is 5.16 Å². The van der Waals surface area contributed by atoms with Crippen LogP contribution < -0.4 is 10.6 Å². The minimum Gasteiger partial charge on any atom is -0.383 e. The SMILES string of the molecule is CCC[NH+]1CCc2c(sc3nc(SCC)nc(N)c23)C1. The Hall–Kier alpha value is -0.850. The van der Waals surface area contributed by atoms with E-state index in [-0.39, 0.29) is 0 Å². The third kappa shape index (κ3) is 2.52. The minimum atomic E-state index is 0.669. The van der Waals surface area contributed by atoms with Gasteiger partial charge in [-0.15, -0.1) is 11.3 Å². The van der Waals surface area contributed by atoms with Crippen LogP contribution in [0, 0.1) is 0 Å². The molecule has 0 aliphatic carbocycles. The van der Waals surface area contributed by atoms with Gasteiger partial charge in [0.25, 0.3) is 0 Å². The van der Waals surface area contributed by atoms with Crippen molar-refractivity contribution in [2.24, 2.45) is 0 Å². The van der Waals surface area contributed by atoms with Gasteiger partial charge in [-0.05, 0) is 17.7 Å². The first-order valence-electron chi connectivity index (χ1n) is 7.27. The van der Waals surface area contributed by atoms with Gasteiger partial charge in [0, 0.05) is 6.42 Å². The molecule has 0 aromatic carbocycles. The van der Waals surface area contributed by atoms with Crippen molar-refractivity contribution in [3.8, 4) is 0 Å². The molecule has 0 bridgehead atoms. The lowest BCUT2D eigenvalue weighted by atomic mass is 10.1. The molecule has 6 heteroatoms. The number of hydrogen-bond acceptors (Lipinski definition) is 5. The smallest absolute Gasteiger partial charge is 0.190 e. The molecule has 3 heterocycles. The van der Waals surface area contributed by atoms with Gasteiger partial charge in [0.1, 0.15) is 17.2 Å². The zero-order valence-corrected chi connectivity index (χ0v) is 13.7. The summed E-state index contributed by atoms with van der Waals surface area (Å²) in [4.78, 5) is 13.4. The quantitative estimate of drug-likeness (QED) is 0.667. The molecule has 4 nitrogen and oxygen atoms in total. The van der Waals surface area contributed by atoms with Gasteiger partial charge in [0.2, 0.25) is 0 Å². The van der Waals surface area contributed by atoms with E-state index in [0.29, 0.717) is 5.82 Å². The van der Waals surface area contributed by atoms with Crippen LogP contribution in [0.4, 0.5) is 5.82 Å². The molecule has 0 radical (unpaired) electrons. The fourth-order valence-electron chi connectivity index (χ4n) is 2.90. The Morgan fingerprint density at radius 2 is 2.20 bits per heavy atom. The van der Waals surface area contributed by atoms with Crippen molar-refractivity contribution in [2.75, 3.05) is 24.6 Å². The van der Waals surface area contributed by atoms with E-state index in [1.165, 1.54) is 30.0 Å². The second kappa shape index (κ2) is 5.87. The molecule has 2 aromatic rings. The van der Waals surface area contributed by atoms with Crippen molar-refractivity contribution in [1.29, 1.82) is 0 Å². The van der Waals surface area contributed by atoms with Crippen molar-refractivity contribution in [3.63, 3.8) is 0 Å². The van der Waals surface area contributed by atoms with E-state index in [4.69, 9.17) is 5.73 Å². The molecule has 3 N–H and O–H groups in total. The van der Waals surface area contributed by atoms with E-state index in [9.17, 15) is 0 Å². The number of nitrogen functional groups attached to an aromatic ring is 1. The maximum absolute atomic E-state index is 6.18. The summed E-state index contributed by atoms with van der Waals surface area (Å²) in [6.07, 6.45) is 2.35. The molecule has 0 spiro atoms. The van der Waals surface area contributed by atoms with Gasteiger partial charge < -0.3 is 10.6 Å². The van der Waals surface area contributed by atoms with E-state index >= 15 is 0 Å². The summed E-state index contributed by atoms with van der Waals surface area (Å²) < 4.78 is 0. The number of aromatic nitrogens is 2. The first-order chi connectivity index (χ1) is 9.72. The van der Waals surface area contributed by atoms with Crippen LogP contribution in [-0.2, 0) is 13.0 Å². The second-order valence-corrected chi connectivity index (χ2v) is 7.50. The molecular formula is C14H21N4S2+. The summed E-state index contributed by atoms with van der Waals surface area (Å²) >= 11 is 3.48. The summed E-state index contributed by atoms with van der Waals surface area (Å²) in [7, 11) is 0. The van der Waals surface area contributed by atoms with Gasteiger partial charge >= 0.3 is 0 Å². The number of hydrogen-bond donors (Lipinski definition) is 2. The van der Waals surface area contributed by atoms with E-state index in [1.54, 1.807) is 16.7 Å². The van der Waals surface area contributed by atoms with Crippen molar-refractivity contribution in [3.05, 3.63) is 10.4 Å². The van der Waals surface area contributed by atoms with Crippen LogP contribution in [0.5, 0.6) is 0 Å². The third-order valence-electron chi connectivity index (χ3n) is 3.76. The molecule has 1 unspecified atom stereocenters. The number of nitrogens with zero attached hydrogens (tertiary/aromatic N) is 2. The van der Waals surface area contributed by atoms with Crippen LogP contribution in [0.3, 0.4) is 0 Å². The van der Waals surface area contributed by atoms with Crippen LogP contribution in [0.1, 0.15) is 30.7 Å². The Morgan fingerprint density at radius 3 is 2.95 bits per heavy atom. The Balaban J connectivity index is 2.01. The molecule has 1 aliphatic heterocycles. The van der Waals surface area contributed by atoms with Crippen molar-refractivity contribution >= 4 is 39.1 Å². The van der Waals surface area contributed by atoms with Crippen LogP contribution >= 0.6 is 23.1 Å². The van der Waals surface area contributed by atoms with Crippen molar-refractivity contribution in [2.45, 2.75) is 38.4 Å². The van der Waals surface area contributed by atoms with E-state index in [2.05, 4.69) is 23.8 Å². The van der Waals surface area contributed by atoms with Crippen LogP contribution in [0.15, 0.2) is 5.16 Å². The average molecular weight is 309 g/mol. The number of nitrogens with one attached hydrogen (secondary N) is 1. The molecule has 0 saturated heterocycles. The highest BCUT2D eigenvalue weighted by molar-refractivity contribution is 7.99. The Labute approximate surface area is 127 Å². The topological polar surface area (TPSA) is 56.2 Å². The monoisotopic (exact) mass is 309 g/mol. The second-order valence-electron chi connectivity index (χ2n) is 5.19. The maximum atomic E-state index is 6.18. The zero-order chi connectivity index (χ0) is 14.1. The molecule has 2 aromatic heterocycles. The molecule has 0 saturated carbocycles. The van der Waals surface area contributed by atoms with Crippen molar-refractivity contribution < 1.29 is 4.90 Å². The fourth-order valence-corrected chi connectivity index (χ4v) is 4.83. The predicted molar refractivity (Wildman–Crippen MR) is 86.6 cm³/mol. The highest BCUT2D eigenvalue weighted by Crippen LogP contribution is 2.35. The minimum absolute atomic E-state index is 0.669. The maximum Gasteiger partial charge on any atom is 0.190 e. The molecule has 1 atom stereocenters. The fraction of sp³-hybridized carbons (Fsp3) is 0.571. The van der Waals surface area contributed by atoms with Gasteiger partial charge in [-0.2, -0.15) is 0 Å². The lowest BCUT2D eigenvalue weighted by Gasteiger charge is -2.23. The Morgan fingerprint density at radius 1 is 1.35 bits per heavy atom. The highest BCUT2D eigenvalue weighted by atomic mass is 32.2. The van der Waals surface area contributed by atoms with Gasteiger partial charge in [-0.1, -0.05) is 25.6 Å². The average Bonchev–Trinajstić information content (AvgIpc) is 2.77. The lowest BCUT2D eigenvalue weighted by Crippen LogP contribution is -3.11. The molecule has 1 aliphatic rings.